The van der Waals surface area contributed by atoms with Gasteiger partial charge in [0.05, 0.1) is 17.8 Å². The summed E-state index contributed by atoms with van der Waals surface area (Å²) in [6.45, 7) is 3.93. The molecule has 0 unspecified atom stereocenters. The summed E-state index contributed by atoms with van der Waals surface area (Å²) in [5, 5.41) is 7.14. The topological polar surface area (TPSA) is 56.1 Å². The first-order valence-corrected chi connectivity index (χ1v) is 6.88. The fourth-order valence-electron chi connectivity index (χ4n) is 2.00. The van der Waals surface area contributed by atoms with Gasteiger partial charge in [-0.25, -0.2) is 4.68 Å². The molecule has 6 heteroatoms. The zero-order chi connectivity index (χ0) is 14.9. The second-order valence-electron chi connectivity index (χ2n) is 4.51. The Bertz CT molecular complexity index is 710. The molecule has 0 amide bonds. The first-order valence-electron chi connectivity index (χ1n) is 6.08. The minimum atomic E-state index is -0.194. The summed E-state index contributed by atoms with van der Waals surface area (Å²) >= 11 is 3.35. The third-order valence-corrected chi connectivity index (χ3v) is 3.79. The Kier molecular flexibility index (Phi) is 4.13. The predicted octanol–water partition coefficient (Wildman–Crippen LogP) is 2.91. The SMILES string of the molecule is COc1ccc(C)c(Nc2c(Br)cnn(C)c2=O)c1C. The fourth-order valence-corrected chi connectivity index (χ4v) is 2.36. The van der Waals surface area contributed by atoms with E-state index in [4.69, 9.17) is 4.74 Å². The molecule has 0 fully saturated rings. The Balaban J connectivity index is 2.56. The molecule has 0 saturated heterocycles. The number of aryl methyl sites for hydroxylation is 2. The van der Waals surface area contributed by atoms with Gasteiger partial charge in [-0.2, -0.15) is 5.10 Å². The minimum absolute atomic E-state index is 0.194. The molecule has 2 aromatic rings. The molecular formula is C14H16BrN3O2. The van der Waals surface area contributed by atoms with Crippen LogP contribution in [0.4, 0.5) is 11.4 Å². The second kappa shape index (κ2) is 5.66. The van der Waals surface area contributed by atoms with Crippen molar-refractivity contribution >= 4 is 27.3 Å². The van der Waals surface area contributed by atoms with E-state index in [1.807, 2.05) is 26.0 Å². The van der Waals surface area contributed by atoms with Crippen molar-refractivity contribution in [3.63, 3.8) is 0 Å². The average molecular weight is 338 g/mol. The molecule has 0 saturated carbocycles. The van der Waals surface area contributed by atoms with Gasteiger partial charge in [-0.1, -0.05) is 6.07 Å². The highest BCUT2D eigenvalue weighted by Crippen LogP contribution is 2.32. The van der Waals surface area contributed by atoms with Crippen LogP contribution in [0.25, 0.3) is 0 Å². The Hall–Kier alpha value is -1.82. The number of halogens is 1. The summed E-state index contributed by atoms with van der Waals surface area (Å²) in [6.07, 6.45) is 1.59. The van der Waals surface area contributed by atoms with Crippen LogP contribution < -0.4 is 15.6 Å². The summed E-state index contributed by atoms with van der Waals surface area (Å²) in [4.78, 5) is 12.1. The number of benzene rings is 1. The standard InChI is InChI=1S/C14H16BrN3O2/c1-8-5-6-11(20-4)9(2)12(8)17-13-10(15)7-16-18(3)14(13)19/h5-7,17H,1-4H3. The number of hydrogen-bond acceptors (Lipinski definition) is 4. The third kappa shape index (κ3) is 2.56. The van der Waals surface area contributed by atoms with Gasteiger partial charge in [0.25, 0.3) is 5.56 Å². The number of nitrogens with zero attached hydrogens (tertiary/aromatic N) is 2. The van der Waals surface area contributed by atoms with E-state index < -0.39 is 0 Å². The van der Waals surface area contributed by atoms with Gasteiger partial charge < -0.3 is 10.1 Å². The second-order valence-corrected chi connectivity index (χ2v) is 5.36. The van der Waals surface area contributed by atoms with Crippen LogP contribution >= 0.6 is 15.9 Å². The molecule has 106 valence electrons. The molecule has 0 radical (unpaired) electrons. The zero-order valence-electron chi connectivity index (χ0n) is 11.8. The Morgan fingerprint density at radius 2 is 2.00 bits per heavy atom. The molecule has 0 aliphatic carbocycles. The predicted molar refractivity (Wildman–Crippen MR) is 82.9 cm³/mol. The van der Waals surface area contributed by atoms with Crippen molar-refractivity contribution in [3.05, 3.63) is 44.3 Å². The maximum atomic E-state index is 12.1. The van der Waals surface area contributed by atoms with Crippen LogP contribution in [0.1, 0.15) is 11.1 Å². The lowest BCUT2D eigenvalue weighted by molar-refractivity contribution is 0.412. The number of nitrogens with one attached hydrogen (secondary N) is 1. The summed E-state index contributed by atoms with van der Waals surface area (Å²) in [5.74, 6) is 0.778. The highest BCUT2D eigenvalue weighted by Gasteiger charge is 2.13. The maximum Gasteiger partial charge on any atom is 0.291 e. The van der Waals surface area contributed by atoms with Crippen LogP contribution in [0.5, 0.6) is 5.75 Å². The number of hydrogen-bond donors (Lipinski definition) is 1. The molecule has 5 nitrogen and oxygen atoms in total. The third-order valence-electron chi connectivity index (χ3n) is 3.18. The van der Waals surface area contributed by atoms with Crippen molar-refractivity contribution in [1.82, 2.24) is 9.78 Å². The van der Waals surface area contributed by atoms with Gasteiger partial charge >= 0.3 is 0 Å². The molecule has 0 spiro atoms. The number of methoxy groups -OCH3 is 1. The van der Waals surface area contributed by atoms with E-state index in [1.54, 1.807) is 20.4 Å². The first-order chi connectivity index (χ1) is 9.45. The van der Waals surface area contributed by atoms with Crippen molar-refractivity contribution in [2.24, 2.45) is 7.05 Å². The van der Waals surface area contributed by atoms with Crippen molar-refractivity contribution in [2.45, 2.75) is 13.8 Å². The molecule has 1 aromatic heterocycles. The Morgan fingerprint density at radius 1 is 1.30 bits per heavy atom. The van der Waals surface area contributed by atoms with E-state index in [2.05, 4.69) is 26.3 Å². The van der Waals surface area contributed by atoms with E-state index in [0.29, 0.717) is 10.2 Å². The molecule has 1 heterocycles. The minimum Gasteiger partial charge on any atom is -0.496 e. The quantitative estimate of drug-likeness (QED) is 0.935. The van der Waals surface area contributed by atoms with Gasteiger partial charge in [0.2, 0.25) is 0 Å². The first kappa shape index (κ1) is 14.6. The maximum absolute atomic E-state index is 12.1. The molecule has 0 aliphatic heterocycles. The van der Waals surface area contributed by atoms with E-state index in [-0.39, 0.29) is 5.56 Å². The van der Waals surface area contributed by atoms with E-state index >= 15 is 0 Å². The van der Waals surface area contributed by atoms with Gasteiger partial charge in [-0.05, 0) is 41.4 Å². The summed E-state index contributed by atoms with van der Waals surface area (Å²) in [5.41, 5.74) is 3.13. The Labute approximate surface area is 125 Å². The van der Waals surface area contributed by atoms with Crippen LogP contribution in [0, 0.1) is 13.8 Å². The normalized spacial score (nSPS) is 10.4. The van der Waals surface area contributed by atoms with Crippen molar-refractivity contribution in [1.29, 1.82) is 0 Å². The van der Waals surface area contributed by atoms with Crippen LogP contribution in [0.3, 0.4) is 0 Å². The molecule has 20 heavy (non-hydrogen) atoms. The molecule has 2 rings (SSSR count). The smallest absolute Gasteiger partial charge is 0.291 e. The van der Waals surface area contributed by atoms with Crippen molar-refractivity contribution in [3.8, 4) is 5.75 Å². The van der Waals surface area contributed by atoms with Gasteiger partial charge in [0, 0.05) is 18.3 Å². The van der Waals surface area contributed by atoms with Gasteiger partial charge in [0.15, 0.2) is 0 Å². The molecule has 0 aliphatic rings. The summed E-state index contributed by atoms with van der Waals surface area (Å²) < 4.78 is 7.23. The number of anilines is 2. The fraction of sp³-hybridized carbons (Fsp3) is 0.286. The molecule has 0 bridgehead atoms. The van der Waals surface area contributed by atoms with E-state index in [0.717, 1.165) is 22.6 Å². The summed E-state index contributed by atoms with van der Waals surface area (Å²) in [7, 11) is 3.24. The molecule has 0 atom stereocenters. The lowest BCUT2D eigenvalue weighted by Crippen LogP contribution is -2.22. The molecule has 1 aromatic carbocycles. The lowest BCUT2D eigenvalue weighted by atomic mass is 10.1. The number of rotatable bonds is 3. The van der Waals surface area contributed by atoms with E-state index in [9.17, 15) is 4.79 Å². The highest BCUT2D eigenvalue weighted by atomic mass is 79.9. The zero-order valence-corrected chi connectivity index (χ0v) is 13.4. The van der Waals surface area contributed by atoms with E-state index in [1.165, 1.54) is 4.68 Å². The highest BCUT2D eigenvalue weighted by molar-refractivity contribution is 9.10. The van der Waals surface area contributed by atoms with Gasteiger partial charge in [0.1, 0.15) is 11.4 Å². The van der Waals surface area contributed by atoms with Crippen LogP contribution in [0.2, 0.25) is 0 Å². The largest absolute Gasteiger partial charge is 0.496 e. The Morgan fingerprint density at radius 3 is 2.65 bits per heavy atom. The number of aromatic nitrogens is 2. The number of ether oxygens (including phenoxy) is 1. The molecular weight excluding hydrogens is 322 g/mol. The van der Waals surface area contributed by atoms with Crippen molar-refractivity contribution in [2.75, 3.05) is 12.4 Å². The van der Waals surface area contributed by atoms with Crippen LogP contribution in [-0.2, 0) is 7.05 Å². The lowest BCUT2D eigenvalue weighted by Gasteiger charge is -2.16. The van der Waals surface area contributed by atoms with Gasteiger partial charge in [-0.3, -0.25) is 4.79 Å². The monoisotopic (exact) mass is 337 g/mol. The summed E-state index contributed by atoms with van der Waals surface area (Å²) in [6, 6.07) is 3.86. The average Bonchev–Trinajstić information content (AvgIpc) is 2.42. The van der Waals surface area contributed by atoms with Crippen molar-refractivity contribution < 1.29 is 4.74 Å². The van der Waals surface area contributed by atoms with Crippen LogP contribution in [0.15, 0.2) is 27.6 Å². The van der Waals surface area contributed by atoms with Crippen LogP contribution in [-0.4, -0.2) is 16.9 Å². The molecule has 1 N–H and O–H groups in total. The van der Waals surface area contributed by atoms with Gasteiger partial charge in [-0.15, -0.1) is 0 Å².